The summed E-state index contributed by atoms with van der Waals surface area (Å²) in [6, 6.07) is 6.34. The average Bonchev–Trinajstić information content (AvgIpc) is 2.98. The summed E-state index contributed by atoms with van der Waals surface area (Å²) in [5.74, 6) is 6.05. The summed E-state index contributed by atoms with van der Waals surface area (Å²) in [5.41, 5.74) is 6.52. The zero-order chi connectivity index (χ0) is 12.8. The maximum absolute atomic E-state index is 5.41. The predicted octanol–water partition coefficient (Wildman–Crippen LogP) is 2.75. The van der Waals surface area contributed by atoms with Gasteiger partial charge in [0.2, 0.25) is 0 Å². The molecule has 0 saturated carbocycles. The van der Waals surface area contributed by atoms with E-state index in [-0.39, 0.29) is 0 Å². The van der Waals surface area contributed by atoms with Crippen molar-refractivity contribution in [3.8, 4) is 11.8 Å². The van der Waals surface area contributed by atoms with E-state index in [2.05, 4.69) is 52.7 Å². The van der Waals surface area contributed by atoms with Crippen LogP contribution in [0.3, 0.4) is 0 Å². The zero-order valence-corrected chi connectivity index (χ0v) is 12.0. The molecule has 0 bridgehead atoms. The minimum Gasteiger partial charge on any atom is -0.320 e. The van der Waals surface area contributed by atoms with Crippen LogP contribution < -0.4 is 5.73 Å². The van der Waals surface area contributed by atoms with Crippen LogP contribution in [0.25, 0.3) is 0 Å². The Morgan fingerprint density at radius 3 is 2.83 bits per heavy atom. The van der Waals surface area contributed by atoms with E-state index in [4.69, 9.17) is 5.73 Å². The fourth-order valence-corrected chi connectivity index (χ4v) is 3.38. The first-order valence-electron chi connectivity index (χ1n) is 5.76. The van der Waals surface area contributed by atoms with E-state index in [0.29, 0.717) is 6.54 Å². The fraction of sp³-hybridized carbons (Fsp3) is 0.286. The van der Waals surface area contributed by atoms with Crippen molar-refractivity contribution in [2.75, 3.05) is 13.6 Å². The molecular weight excluding hydrogens is 260 g/mol. The van der Waals surface area contributed by atoms with E-state index in [1.165, 1.54) is 9.75 Å². The molecule has 2 aromatic heterocycles. The number of hydrogen-bond acceptors (Lipinski definition) is 4. The Morgan fingerprint density at radius 1 is 1.22 bits per heavy atom. The van der Waals surface area contributed by atoms with Gasteiger partial charge in [-0.1, -0.05) is 17.9 Å². The molecule has 0 unspecified atom stereocenters. The summed E-state index contributed by atoms with van der Waals surface area (Å²) in [6.45, 7) is 2.34. The van der Waals surface area contributed by atoms with Crippen molar-refractivity contribution in [2.24, 2.45) is 5.73 Å². The van der Waals surface area contributed by atoms with Gasteiger partial charge in [0.15, 0.2) is 0 Å². The second kappa shape index (κ2) is 6.72. The lowest BCUT2D eigenvalue weighted by Crippen LogP contribution is -2.16. The van der Waals surface area contributed by atoms with Crippen molar-refractivity contribution >= 4 is 22.7 Å². The molecule has 4 heteroatoms. The largest absolute Gasteiger partial charge is 0.320 e. The van der Waals surface area contributed by atoms with Gasteiger partial charge in [-0.25, -0.2) is 0 Å². The van der Waals surface area contributed by atoms with Crippen LogP contribution in [0.5, 0.6) is 0 Å². The summed E-state index contributed by atoms with van der Waals surface area (Å²) < 4.78 is 0. The first kappa shape index (κ1) is 13.3. The van der Waals surface area contributed by atoms with Gasteiger partial charge in [0.25, 0.3) is 0 Å². The topological polar surface area (TPSA) is 29.3 Å². The molecular formula is C14H16N2S2. The molecule has 0 atom stereocenters. The Hall–Kier alpha value is -1.12. The summed E-state index contributed by atoms with van der Waals surface area (Å²) in [6.07, 6.45) is 0. The summed E-state index contributed by atoms with van der Waals surface area (Å²) in [7, 11) is 2.14. The number of thiophene rings is 2. The molecule has 2 heterocycles. The molecule has 2 nitrogen and oxygen atoms in total. The summed E-state index contributed by atoms with van der Waals surface area (Å²) in [4.78, 5) is 5.02. The lowest BCUT2D eigenvalue weighted by atomic mass is 10.2. The van der Waals surface area contributed by atoms with Crippen LogP contribution in [0.2, 0.25) is 0 Å². The summed E-state index contributed by atoms with van der Waals surface area (Å²) in [5, 5.41) is 4.21. The SMILES string of the molecule is CN(Cc1cccs1)Cc1sccc1C#CCN. The quantitative estimate of drug-likeness (QED) is 0.870. The third kappa shape index (κ3) is 3.69. The van der Waals surface area contributed by atoms with Gasteiger partial charge < -0.3 is 5.73 Å². The lowest BCUT2D eigenvalue weighted by Gasteiger charge is -2.14. The number of nitrogens with zero attached hydrogens (tertiary/aromatic N) is 1. The summed E-state index contributed by atoms with van der Waals surface area (Å²) >= 11 is 3.56. The van der Waals surface area contributed by atoms with Gasteiger partial charge in [-0.15, -0.1) is 22.7 Å². The van der Waals surface area contributed by atoms with Gasteiger partial charge in [0.1, 0.15) is 0 Å². The molecule has 2 N–H and O–H groups in total. The standard InChI is InChI=1S/C14H16N2S2/c1-16(10-13-5-3-8-17-13)11-14-12(4-2-7-15)6-9-18-14/h3,5-6,8-9H,7,10-11,15H2,1H3. The third-order valence-electron chi connectivity index (χ3n) is 2.49. The van der Waals surface area contributed by atoms with Crippen LogP contribution in [0, 0.1) is 11.8 Å². The van der Waals surface area contributed by atoms with Crippen LogP contribution in [0.4, 0.5) is 0 Å². The second-order valence-corrected chi connectivity index (χ2v) is 6.05. The first-order valence-corrected chi connectivity index (χ1v) is 7.51. The van der Waals surface area contributed by atoms with Gasteiger partial charge in [-0.3, -0.25) is 4.90 Å². The van der Waals surface area contributed by atoms with E-state index in [1.807, 2.05) is 0 Å². The molecule has 0 aromatic carbocycles. The Morgan fingerprint density at radius 2 is 2.11 bits per heavy atom. The van der Waals surface area contributed by atoms with Crippen LogP contribution >= 0.6 is 22.7 Å². The normalized spacial score (nSPS) is 10.4. The zero-order valence-electron chi connectivity index (χ0n) is 10.3. The van der Waals surface area contributed by atoms with Gasteiger partial charge in [-0.2, -0.15) is 0 Å². The van der Waals surface area contributed by atoms with Gasteiger partial charge in [0.05, 0.1) is 6.54 Å². The van der Waals surface area contributed by atoms with E-state index >= 15 is 0 Å². The second-order valence-electron chi connectivity index (χ2n) is 4.02. The van der Waals surface area contributed by atoms with Gasteiger partial charge in [0, 0.05) is 28.4 Å². The van der Waals surface area contributed by atoms with Crippen LogP contribution in [-0.2, 0) is 13.1 Å². The van der Waals surface area contributed by atoms with Crippen LogP contribution in [-0.4, -0.2) is 18.5 Å². The highest BCUT2D eigenvalue weighted by Crippen LogP contribution is 2.19. The highest BCUT2D eigenvalue weighted by atomic mass is 32.1. The van der Waals surface area contributed by atoms with Crippen molar-refractivity contribution in [3.05, 3.63) is 44.3 Å². The van der Waals surface area contributed by atoms with E-state index in [0.717, 1.165) is 18.7 Å². The Bertz CT molecular complexity index is 532. The van der Waals surface area contributed by atoms with Gasteiger partial charge >= 0.3 is 0 Å². The van der Waals surface area contributed by atoms with E-state index in [9.17, 15) is 0 Å². The molecule has 94 valence electrons. The van der Waals surface area contributed by atoms with Crippen molar-refractivity contribution in [2.45, 2.75) is 13.1 Å². The molecule has 2 aromatic rings. The maximum Gasteiger partial charge on any atom is 0.0555 e. The minimum absolute atomic E-state index is 0.417. The molecule has 0 fully saturated rings. The highest BCUT2D eigenvalue weighted by Gasteiger charge is 2.07. The highest BCUT2D eigenvalue weighted by molar-refractivity contribution is 7.10. The predicted molar refractivity (Wildman–Crippen MR) is 79.7 cm³/mol. The van der Waals surface area contributed by atoms with Crippen molar-refractivity contribution in [1.82, 2.24) is 4.90 Å². The third-order valence-corrected chi connectivity index (χ3v) is 4.26. The van der Waals surface area contributed by atoms with Crippen LogP contribution in [0.1, 0.15) is 15.3 Å². The molecule has 0 spiro atoms. The minimum atomic E-state index is 0.417. The lowest BCUT2D eigenvalue weighted by molar-refractivity contribution is 0.325. The smallest absolute Gasteiger partial charge is 0.0555 e. The molecule has 0 aliphatic rings. The Kier molecular flexibility index (Phi) is 4.97. The molecule has 0 radical (unpaired) electrons. The van der Waals surface area contributed by atoms with E-state index < -0.39 is 0 Å². The van der Waals surface area contributed by atoms with Gasteiger partial charge in [-0.05, 0) is 29.9 Å². The Balaban J connectivity index is 1.98. The molecule has 0 amide bonds. The van der Waals surface area contributed by atoms with Crippen molar-refractivity contribution < 1.29 is 0 Å². The number of hydrogen-bond donors (Lipinski definition) is 1. The van der Waals surface area contributed by atoms with E-state index in [1.54, 1.807) is 22.7 Å². The van der Waals surface area contributed by atoms with Crippen molar-refractivity contribution in [3.63, 3.8) is 0 Å². The number of nitrogens with two attached hydrogens (primary N) is 1. The molecule has 0 saturated heterocycles. The monoisotopic (exact) mass is 276 g/mol. The Labute approximate surface area is 116 Å². The first-order chi connectivity index (χ1) is 8.79. The van der Waals surface area contributed by atoms with Crippen LogP contribution in [0.15, 0.2) is 29.0 Å². The fourth-order valence-electron chi connectivity index (χ4n) is 1.69. The molecule has 18 heavy (non-hydrogen) atoms. The molecule has 2 rings (SSSR count). The molecule has 0 aliphatic carbocycles. The van der Waals surface area contributed by atoms with Crippen molar-refractivity contribution in [1.29, 1.82) is 0 Å². The molecule has 0 aliphatic heterocycles. The number of rotatable bonds is 4. The maximum atomic E-state index is 5.41. The average molecular weight is 276 g/mol.